The lowest BCUT2D eigenvalue weighted by Crippen LogP contribution is -2.37. The first-order chi connectivity index (χ1) is 9.81. The van der Waals surface area contributed by atoms with Gasteiger partial charge in [0.25, 0.3) is 0 Å². The molecule has 0 bridgehead atoms. The average Bonchev–Trinajstić information content (AvgIpc) is 2.41. The standard InChI is InChI=1S/C13H16ClNO4S2/c1-8-11(13(16)17)6-9(14)7-12(8)21(18,19)15-10-2-4-20-5-3-10/h6-7,10,15H,2-5H2,1H3,(H,16,17). The summed E-state index contributed by atoms with van der Waals surface area (Å²) < 4.78 is 27.6. The fourth-order valence-corrected chi connectivity index (χ4v) is 5.24. The van der Waals surface area contributed by atoms with E-state index in [9.17, 15) is 13.2 Å². The lowest BCUT2D eigenvalue weighted by molar-refractivity contribution is 0.0696. The Bertz CT molecular complexity index is 654. The fraction of sp³-hybridized carbons (Fsp3) is 0.462. The Morgan fingerprint density at radius 2 is 2.00 bits per heavy atom. The summed E-state index contributed by atoms with van der Waals surface area (Å²) in [6.45, 7) is 1.48. The van der Waals surface area contributed by atoms with Crippen molar-refractivity contribution in [2.24, 2.45) is 0 Å². The molecule has 2 N–H and O–H groups in total. The second-order valence-corrected chi connectivity index (χ2v) is 8.23. The van der Waals surface area contributed by atoms with E-state index in [4.69, 9.17) is 16.7 Å². The van der Waals surface area contributed by atoms with E-state index in [2.05, 4.69) is 4.72 Å². The van der Waals surface area contributed by atoms with Crippen molar-refractivity contribution in [2.75, 3.05) is 11.5 Å². The van der Waals surface area contributed by atoms with Gasteiger partial charge in [0.1, 0.15) is 0 Å². The van der Waals surface area contributed by atoms with Crippen LogP contribution < -0.4 is 4.72 Å². The van der Waals surface area contributed by atoms with Crippen LogP contribution in [0.25, 0.3) is 0 Å². The van der Waals surface area contributed by atoms with E-state index in [1.54, 1.807) is 11.8 Å². The second-order valence-electron chi connectivity index (χ2n) is 4.89. The van der Waals surface area contributed by atoms with E-state index in [0.717, 1.165) is 24.3 Å². The Morgan fingerprint density at radius 1 is 1.38 bits per heavy atom. The molecule has 116 valence electrons. The van der Waals surface area contributed by atoms with Crippen LogP contribution in [0.1, 0.15) is 28.8 Å². The predicted octanol–water partition coefficient (Wildman–Crippen LogP) is 2.52. The number of thioether (sulfide) groups is 1. The van der Waals surface area contributed by atoms with Crippen molar-refractivity contribution in [1.29, 1.82) is 0 Å². The summed E-state index contributed by atoms with van der Waals surface area (Å²) in [5, 5.41) is 9.22. The van der Waals surface area contributed by atoms with Crippen LogP contribution in [-0.4, -0.2) is 37.0 Å². The number of nitrogens with one attached hydrogen (secondary N) is 1. The van der Waals surface area contributed by atoms with Gasteiger partial charge in [-0.2, -0.15) is 11.8 Å². The van der Waals surface area contributed by atoms with Crippen LogP contribution in [-0.2, 0) is 10.0 Å². The van der Waals surface area contributed by atoms with Crippen molar-refractivity contribution in [3.05, 3.63) is 28.3 Å². The van der Waals surface area contributed by atoms with Crippen molar-refractivity contribution >= 4 is 39.4 Å². The number of aromatic carboxylic acids is 1. The zero-order valence-corrected chi connectivity index (χ0v) is 13.8. The molecule has 0 aromatic heterocycles. The third-order valence-electron chi connectivity index (χ3n) is 3.39. The molecule has 5 nitrogen and oxygen atoms in total. The number of halogens is 1. The van der Waals surface area contributed by atoms with Gasteiger partial charge in [-0.05, 0) is 49.0 Å². The SMILES string of the molecule is Cc1c(C(=O)O)cc(Cl)cc1S(=O)(=O)NC1CCSCC1. The highest BCUT2D eigenvalue weighted by Crippen LogP contribution is 2.26. The maximum atomic E-state index is 12.5. The Labute approximate surface area is 133 Å². The summed E-state index contributed by atoms with van der Waals surface area (Å²) in [7, 11) is -3.78. The van der Waals surface area contributed by atoms with Crippen LogP contribution in [0.3, 0.4) is 0 Å². The van der Waals surface area contributed by atoms with Crippen LogP contribution in [0.4, 0.5) is 0 Å². The highest BCUT2D eigenvalue weighted by atomic mass is 35.5. The number of hydrogen-bond acceptors (Lipinski definition) is 4. The summed E-state index contributed by atoms with van der Waals surface area (Å²) in [5.74, 6) is 0.644. The Balaban J connectivity index is 2.37. The van der Waals surface area contributed by atoms with E-state index in [1.165, 1.54) is 19.1 Å². The normalized spacial score (nSPS) is 16.9. The molecule has 0 spiro atoms. The van der Waals surface area contributed by atoms with E-state index in [-0.39, 0.29) is 27.1 Å². The first-order valence-corrected chi connectivity index (χ1v) is 9.46. The van der Waals surface area contributed by atoms with E-state index in [0.29, 0.717) is 0 Å². The zero-order valence-electron chi connectivity index (χ0n) is 11.4. The molecule has 1 aromatic carbocycles. The summed E-state index contributed by atoms with van der Waals surface area (Å²) >= 11 is 7.65. The minimum Gasteiger partial charge on any atom is -0.478 e. The van der Waals surface area contributed by atoms with Gasteiger partial charge >= 0.3 is 5.97 Å². The monoisotopic (exact) mass is 349 g/mol. The third-order valence-corrected chi connectivity index (χ3v) is 6.30. The molecule has 1 fully saturated rings. The number of benzene rings is 1. The maximum Gasteiger partial charge on any atom is 0.336 e. The number of carboxylic acid groups (broad SMARTS) is 1. The highest BCUT2D eigenvalue weighted by Gasteiger charge is 2.26. The van der Waals surface area contributed by atoms with Gasteiger partial charge in [-0.15, -0.1) is 0 Å². The van der Waals surface area contributed by atoms with Gasteiger partial charge in [0.05, 0.1) is 10.5 Å². The molecule has 1 aliphatic rings. The van der Waals surface area contributed by atoms with Gasteiger partial charge < -0.3 is 5.11 Å². The molecular formula is C13H16ClNO4S2. The summed E-state index contributed by atoms with van der Waals surface area (Å²) in [4.78, 5) is 11.1. The van der Waals surface area contributed by atoms with Crippen molar-refractivity contribution < 1.29 is 18.3 Å². The molecule has 21 heavy (non-hydrogen) atoms. The highest BCUT2D eigenvalue weighted by molar-refractivity contribution is 7.99. The molecule has 0 amide bonds. The molecule has 0 radical (unpaired) electrons. The summed E-state index contributed by atoms with van der Waals surface area (Å²) in [5.41, 5.74) is 0.103. The fourth-order valence-electron chi connectivity index (χ4n) is 2.25. The number of carbonyl (C=O) groups is 1. The van der Waals surface area contributed by atoms with E-state index in [1.807, 2.05) is 0 Å². The van der Waals surface area contributed by atoms with Crippen molar-refractivity contribution in [3.63, 3.8) is 0 Å². The Morgan fingerprint density at radius 3 is 2.57 bits per heavy atom. The third kappa shape index (κ3) is 3.91. The van der Waals surface area contributed by atoms with Gasteiger partial charge in [-0.3, -0.25) is 0 Å². The van der Waals surface area contributed by atoms with Crippen molar-refractivity contribution in [2.45, 2.75) is 30.7 Å². The molecule has 0 saturated carbocycles. The number of carboxylic acids is 1. The first-order valence-electron chi connectivity index (χ1n) is 6.45. The largest absolute Gasteiger partial charge is 0.478 e. The second kappa shape index (κ2) is 6.56. The minimum absolute atomic E-state index is 0.0642. The van der Waals surface area contributed by atoms with E-state index < -0.39 is 16.0 Å². The van der Waals surface area contributed by atoms with Gasteiger partial charge in [0.15, 0.2) is 0 Å². The van der Waals surface area contributed by atoms with Crippen LogP contribution in [0, 0.1) is 6.92 Å². The minimum atomic E-state index is -3.78. The quantitative estimate of drug-likeness (QED) is 0.872. The molecule has 0 atom stereocenters. The number of hydrogen-bond donors (Lipinski definition) is 2. The van der Waals surface area contributed by atoms with Crippen molar-refractivity contribution in [1.82, 2.24) is 4.72 Å². The van der Waals surface area contributed by atoms with Gasteiger partial charge in [-0.25, -0.2) is 17.9 Å². The maximum absolute atomic E-state index is 12.5. The molecule has 1 heterocycles. The van der Waals surface area contributed by atoms with E-state index >= 15 is 0 Å². The lowest BCUT2D eigenvalue weighted by Gasteiger charge is -2.23. The molecule has 1 aliphatic heterocycles. The molecule has 0 aliphatic carbocycles. The van der Waals surface area contributed by atoms with Crippen LogP contribution in [0.2, 0.25) is 5.02 Å². The van der Waals surface area contributed by atoms with Crippen LogP contribution in [0.5, 0.6) is 0 Å². The van der Waals surface area contributed by atoms with Gasteiger partial charge in [0.2, 0.25) is 10.0 Å². The number of sulfonamides is 1. The average molecular weight is 350 g/mol. The van der Waals surface area contributed by atoms with Crippen LogP contribution >= 0.6 is 23.4 Å². The molecule has 8 heteroatoms. The molecule has 2 rings (SSSR count). The lowest BCUT2D eigenvalue weighted by atomic mass is 10.1. The summed E-state index contributed by atoms with van der Waals surface area (Å²) in [6.07, 6.45) is 1.55. The predicted molar refractivity (Wildman–Crippen MR) is 83.8 cm³/mol. The topological polar surface area (TPSA) is 83.5 Å². The Kier molecular flexibility index (Phi) is 5.19. The zero-order chi connectivity index (χ0) is 15.6. The van der Waals surface area contributed by atoms with Crippen molar-refractivity contribution in [3.8, 4) is 0 Å². The first kappa shape index (κ1) is 16.6. The summed E-state index contributed by atoms with van der Waals surface area (Å²) in [6, 6.07) is 2.45. The molecule has 0 unspecified atom stereocenters. The molecule has 1 saturated heterocycles. The number of rotatable bonds is 4. The molecule has 1 aromatic rings. The van der Waals surface area contributed by atoms with Gasteiger partial charge in [-0.1, -0.05) is 11.6 Å². The van der Waals surface area contributed by atoms with Gasteiger partial charge in [0, 0.05) is 11.1 Å². The molecular weight excluding hydrogens is 334 g/mol. The Hall–Kier alpha value is -0.760. The smallest absolute Gasteiger partial charge is 0.336 e. The van der Waals surface area contributed by atoms with Crippen LogP contribution in [0.15, 0.2) is 17.0 Å².